The van der Waals surface area contributed by atoms with Gasteiger partial charge in [0.2, 0.25) is 0 Å². The SMILES string of the molecule is CCn1[c]c(C#N)nn1. The van der Waals surface area contributed by atoms with E-state index in [1.807, 2.05) is 13.0 Å². The van der Waals surface area contributed by atoms with Crippen LogP contribution >= 0.6 is 0 Å². The predicted octanol–water partition coefficient (Wildman–Crippen LogP) is -0.0301. The fourth-order valence-corrected chi connectivity index (χ4v) is 0.455. The van der Waals surface area contributed by atoms with Gasteiger partial charge in [0.15, 0.2) is 5.69 Å². The second-order valence-corrected chi connectivity index (χ2v) is 1.48. The fourth-order valence-electron chi connectivity index (χ4n) is 0.455. The minimum Gasteiger partial charge on any atom is -0.242 e. The van der Waals surface area contributed by atoms with E-state index in [1.165, 1.54) is 4.68 Å². The molecular weight excluding hydrogens is 116 g/mol. The number of hydrogen-bond donors (Lipinski definition) is 0. The molecule has 0 bridgehead atoms. The largest absolute Gasteiger partial charge is 0.242 e. The molecule has 0 saturated heterocycles. The van der Waals surface area contributed by atoms with Crippen molar-refractivity contribution in [1.29, 1.82) is 5.26 Å². The summed E-state index contributed by atoms with van der Waals surface area (Å²) in [6, 6.07) is 1.83. The molecule has 0 fully saturated rings. The van der Waals surface area contributed by atoms with Gasteiger partial charge in [-0.25, -0.2) is 4.68 Å². The molecule has 0 aliphatic rings. The number of hydrogen-bond acceptors (Lipinski definition) is 3. The minimum absolute atomic E-state index is 0.247. The van der Waals surface area contributed by atoms with Gasteiger partial charge in [0, 0.05) is 6.54 Å². The molecule has 45 valence electrons. The molecule has 0 unspecified atom stereocenters. The second-order valence-electron chi connectivity index (χ2n) is 1.48. The highest BCUT2D eigenvalue weighted by Gasteiger charge is 1.95. The third-order valence-corrected chi connectivity index (χ3v) is 0.893. The summed E-state index contributed by atoms with van der Waals surface area (Å²) in [5, 5.41) is 15.3. The van der Waals surface area contributed by atoms with Gasteiger partial charge < -0.3 is 0 Å². The highest BCUT2D eigenvalue weighted by Crippen LogP contribution is 1.86. The third-order valence-electron chi connectivity index (χ3n) is 0.893. The molecule has 0 amide bonds. The number of nitriles is 1. The molecule has 0 aliphatic heterocycles. The number of rotatable bonds is 1. The third kappa shape index (κ3) is 1.05. The lowest BCUT2D eigenvalue weighted by atomic mass is 10.5. The monoisotopic (exact) mass is 121 g/mol. The maximum atomic E-state index is 8.25. The zero-order valence-corrected chi connectivity index (χ0v) is 5.00. The molecule has 0 N–H and O–H groups in total. The average Bonchev–Trinajstić information content (AvgIpc) is 2.34. The van der Waals surface area contributed by atoms with E-state index in [1.54, 1.807) is 0 Å². The molecule has 1 heterocycles. The maximum absolute atomic E-state index is 8.25. The Morgan fingerprint density at radius 3 is 3.00 bits per heavy atom. The predicted molar refractivity (Wildman–Crippen MR) is 29.2 cm³/mol. The summed E-state index contributed by atoms with van der Waals surface area (Å²) in [5.41, 5.74) is 0.247. The van der Waals surface area contributed by atoms with Gasteiger partial charge in [0.25, 0.3) is 0 Å². The van der Waals surface area contributed by atoms with E-state index in [4.69, 9.17) is 5.26 Å². The Bertz CT molecular complexity index is 231. The van der Waals surface area contributed by atoms with Gasteiger partial charge in [-0.2, -0.15) is 5.26 Å². The Kier molecular flexibility index (Phi) is 1.45. The quantitative estimate of drug-likeness (QED) is 0.524. The molecule has 0 atom stereocenters. The lowest BCUT2D eigenvalue weighted by Crippen LogP contribution is -1.93. The average molecular weight is 121 g/mol. The van der Waals surface area contributed by atoms with Gasteiger partial charge >= 0.3 is 0 Å². The molecule has 1 rings (SSSR count). The van der Waals surface area contributed by atoms with Crippen LogP contribution in [0, 0.1) is 17.5 Å². The molecule has 0 aromatic carbocycles. The van der Waals surface area contributed by atoms with Crippen LogP contribution < -0.4 is 0 Å². The molecule has 0 aliphatic carbocycles. The summed E-state index contributed by atoms with van der Waals surface area (Å²) in [4.78, 5) is 0. The van der Waals surface area contributed by atoms with Crippen molar-refractivity contribution >= 4 is 0 Å². The van der Waals surface area contributed by atoms with Crippen LogP contribution in [0.4, 0.5) is 0 Å². The second kappa shape index (κ2) is 2.27. The summed E-state index contributed by atoms with van der Waals surface area (Å²) in [6.45, 7) is 2.61. The van der Waals surface area contributed by atoms with E-state index in [9.17, 15) is 0 Å². The summed E-state index contributed by atoms with van der Waals surface area (Å²) in [5.74, 6) is 0. The van der Waals surface area contributed by atoms with Crippen molar-refractivity contribution in [1.82, 2.24) is 15.0 Å². The van der Waals surface area contributed by atoms with Crippen molar-refractivity contribution < 1.29 is 0 Å². The molecule has 0 spiro atoms. The van der Waals surface area contributed by atoms with E-state index >= 15 is 0 Å². The van der Waals surface area contributed by atoms with Crippen molar-refractivity contribution in [3.8, 4) is 6.07 Å². The van der Waals surface area contributed by atoms with E-state index in [0.717, 1.165) is 0 Å². The van der Waals surface area contributed by atoms with Crippen LogP contribution in [0.2, 0.25) is 0 Å². The molecule has 4 heteroatoms. The van der Waals surface area contributed by atoms with Crippen LogP contribution in [0.15, 0.2) is 0 Å². The van der Waals surface area contributed by atoms with Crippen molar-refractivity contribution in [3.05, 3.63) is 11.9 Å². The highest BCUT2D eigenvalue weighted by molar-refractivity contribution is 5.11. The van der Waals surface area contributed by atoms with E-state index in [-0.39, 0.29) is 5.69 Å². The van der Waals surface area contributed by atoms with Gasteiger partial charge in [-0.1, -0.05) is 5.21 Å². The van der Waals surface area contributed by atoms with Crippen LogP contribution in [0.5, 0.6) is 0 Å². The van der Waals surface area contributed by atoms with Crippen molar-refractivity contribution in [2.45, 2.75) is 13.5 Å². The number of aryl methyl sites for hydroxylation is 1. The Morgan fingerprint density at radius 2 is 2.67 bits per heavy atom. The number of aromatic nitrogens is 3. The Balaban J connectivity index is 2.90. The first-order valence-corrected chi connectivity index (χ1v) is 2.59. The van der Waals surface area contributed by atoms with Crippen LogP contribution in [0.25, 0.3) is 0 Å². The van der Waals surface area contributed by atoms with Gasteiger partial charge in [-0.15, -0.1) is 5.10 Å². The molecular formula is C5H5N4. The van der Waals surface area contributed by atoms with Crippen LogP contribution in [-0.4, -0.2) is 15.0 Å². The summed E-state index contributed by atoms with van der Waals surface area (Å²) >= 11 is 0. The van der Waals surface area contributed by atoms with Crippen LogP contribution in [-0.2, 0) is 6.54 Å². The molecule has 4 nitrogen and oxygen atoms in total. The van der Waals surface area contributed by atoms with E-state index in [0.29, 0.717) is 6.54 Å². The fraction of sp³-hybridized carbons (Fsp3) is 0.400. The minimum atomic E-state index is 0.247. The first-order valence-electron chi connectivity index (χ1n) is 2.59. The van der Waals surface area contributed by atoms with E-state index in [2.05, 4.69) is 16.5 Å². The van der Waals surface area contributed by atoms with Gasteiger partial charge in [-0.3, -0.25) is 0 Å². The first-order chi connectivity index (χ1) is 4.36. The smallest absolute Gasteiger partial charge is 0.192 e. The molecule has 1 radical (unpaired) electrons. The summed E-state index contributed by atoms with van der Waals surface area (Å²) in [6.07, 6.45) is 2.65. The van der Waals surface area contributed by atoms with Crippen molar-refractivity contribution in [3.63, 3.8) is 0 Å². The van der Waals surface area contributed by atoms with Gasteiger partial charge in [0.05, 0.1) is 0 Å². The molecule has 0 saturated carbocycles. The van der Waals surface area contributed by atoms with Crippen molar-refractivity contribution in [2.24, 2.45) is 0 Å². The van der Waals surface area contributed by atoms with Gasteiger partial charge in [0.1, 0.15) is 12.3 Å². The van der Waals surface area contributed by atoms with Crippen LogP contribution in [0.1, 0.15) is 12.6 Å². The summed E-state index contributed by atoms with van der Waals surface area (Å²) in [7, 11) is 0. The lowest BCUT2D eigenvalue weighted by molar-refractivity contribution is 0.623. The van der Waals surface area contributed by atoms with Crippen molar-refractivity contribution in [2.75, 3.05) is 0 Å². The summed E-state index contributed by atoms with van der Waals surface area (Å²) < 4.78 is 1.48. The van der Waals surface area contributed by atoms with Crippen LogP contribution in [0.3, 0.4) is 0 Å². The first kappa shape index (κ1) is 5.76. The Morgan fingerprint density at radius 1 is 1.89 bits per heavy atom. The zero-order chi connectivity index (χ0) is 6.69. The lowest BCUT2D eigenvalue weighted by Gasteiger charge is -1.84. The zero-order valence-electron chi connectivity index (χ0n) is 5.00. The van der Waals surface area contributed by atoms with Gasteiger partial charge in [-0.05, 0) is 6.92 Å². The highest BCUT2D eigenvalue weighted by atomic mass is 15.4. The van der Waals surface area contributed by atoms with E-state index < -0.39 is 0 Å². The Labute approximate surface area is 52.7 Å². The molecule has 9 heavy (non-hydrogen) atoms. The number of nitrogens with zero attached hydrogens (tertiary/aromatic N) is 4. The normalized spacial score (nSPS) is 8.89. The molecule has 1 aromatic rings. The standard InChI is InChI=1S/C5H5N4/c1-2-9-4-5(3-6)7-8-9/h2H2,1H3. The topological polar surface area (TPSA) is 54.5 Å². The maximum Gasteiger partial charge on any atom is 0.192 e. The Hall–Kier alpha value is -1.37. The molecule has 1 aromatic heterocycles.